The lowest BCUT2D eigenvalue weighted by Gasteiger charge is -2.20. The molecule has 1 aromatic heterocycles. The SMILES string of the molecule is COC[C@H](NC(=O)[C@H](COC)NC(=O)C1=CN(Cc2oc(=O)oc2C)C(C)S1)C(=O)O. The molecule has 0 bridgehead atoms. The molecule has 0 spiro atoms. The van der Waals surface area contributed by atoms with Crippen molar-refractivity contribution in [3.05, 3.63) is 33.2 Å². The van der Waals surface area contributed by atoms with Crippen molar-refractivity contribution in [1.82, 2.24) is 15.5 Å². The third kappa shape index (κ3) is 6.60. The largest absolute Gasteiger partial charge is 0.519 e. The lowest BCUT2D eigenvalue weighted by molar-refractivity contribution is -0.144. The van der Waals surface area contributed by atoms with Crippen molar-refractivity contribution in [2.75, 3.05) is 27.4 Å². The molecule has 3 N–H and O–H groups in total. The van der Waals surface area contributed by atoms with Gasteiger partial charge < -0.3 is 38.9 Å². The highest BCUT2D eigenvalue weighted by Crippen LogP contribution is 2.33. The van der Waals surface area contributed by atoms with Gasteiger partial charge in [-0.1, -0.05) is 11.8 Å². The van der Waals surface area contributed by atoms with Crippen LogP contribution in [-0.2, 0) is 30.4 Å². The van der Waals surface area contributed by atoms with Gasteiger partial charge in [-0.15, -0.1) is 0 Å². The average Bonchev–Trinajstić information content (AvgIpc) is 3.22. The Kier molecular flexibility index (Phi) is 8.71. The highest BCUT2D eigenvalue weighted by atomic mass is 32.2. The van der Waals surface area contributed by atoms with Crippen molar-refractivity contribution in [3.8, 4) is 0 Å². The lowest BCUT2D eigenvalue weighted by atomic mass is 10.2. The Morgan fingerprint density at radius 2 is 1.84 bits per heavy atom. The maximum atomic E-state index is 12.7. The Hall–Kier alpha value is -2.77. The predicted molar refractivity (Wildman–Crippen MR) is 108 cm³/mol. The maximum absolute atomic E-state index is 12.7. The first-order chi connectivity index (χ1) is 14.7. The standard InChI is InChI=1S/C18H25N3O9S/c1-9-13(30-18(26)29-9)5-21-6-14(31-10(21)2)16(23)19-11(7-27-3)15(22)20-12(8-28-4)17(24)25/h6,10-12H,5,7-8H2,1-4H3,(H,19,23)(H,20,22)(H,24,25)/t10?,11-,12-/m0/s1. The summed E-state index contributed by atoms with van der Waals surface area (Å²) in [6.45, 7) is 3.30. The van der Waals surface area contributed by atoms with Crippen LogP contribution in [0.1, 0.15) is 18.4 Å². The number of aliphatic carboxylic acids is 1. The van der Waals surface area contributed by atoms with Crippen LogP contribution in [0.15, 0.2) is 24.7 Å². The quantitative estimate of drug-likeness (QED) is 0.396. The molecule has 12 nitrogen and oxygen atoms in total. The first kappa shape index (κ1) is 24.5. The molecule has 0 saturated carbocycles. The van der Waals surface area contributed by atoms with E-state index in [4.69, 9.17) is 23.4 Å². The summed E-state index contributed by atoms with van der Waals surface area (Å²) in [5.74, 6) is -2.60. The van der Waals surface area contributed by atoms with Crippen LogP contribution >= 0.6 is 11.8 Å². The Morgan fingerprint density at radius 1 is 1.19 bits per heavy atom. The second-order valence-corrected chi connectivity index (χ2v) is 8.01. The summed E-state index contributed by atoms with van der Waals surface area (Å²) in [6, 6.07) is -2.38. The van der Waals surface area contributed by atoms with Crippen LogP contribution in [0.5, 0.6) is 0 Å². The van der Waals surface area contributed by atoms with Crippen molar-refractivity contribution in [3.63, 3.8) is 0 Å². The number of carbonyl (C=O) groups is 3. The molecule has 0 saturated heterocycles. The Morgan fingerprint density at radius 3 is 2.39 bits per heavy atom. The number of amides is 2. The van der Waals surface area contributed by atoms with Crippen molar-refractivity contribution >= 4 is 29.5 Å². The summed E-state index contributed by atoms with van der Waals surface area (Å²) in [4.78, 5) is 49.7. The van der Waals surface area contributed by atoms with Gasteiger partial charge in [-0.05, 0) is 13.8 Å². The van der Waals surface area contributed by atoms with E-state index in [1.165, 1.54) is 26.0 Å². The molecule has 2 rings (SSSR count). The van der Waals surface area contributed by atoms with Gasteiger partial charge in [0.25, 0.3) is 5.91 Å². The maximum Gasteiger partial charge on any atom is 0.519 e. The number of rotatable bonds is 11. The zero-order valence-electron chi connectivity index (χ0n) is 17.5. The Bertz CT molecular complexity index is 894. The number of methoxy groups -OCH3 is 2. The number of carboxylic acids is 1. The van der Waals surface area contributed by atoms with Gasteiger partial charge in [0.15, 0.2) is 11.8 Å². The number of hydrogen-bond acceptors (Lipinski definition) is 10. The second-order valence-electron chi connectivity index (χ2n) is 6.65. The summed E-state index contributed by atoms with van der Waals surface area (Å²) in [6.07, 6.45) is 1.59. The Labute approximate surface area is 181 Å². The molecule has 0 aliphatic carbocycles. The van der Waals surface area contributed by atoms with E-state index in [1.807, 2.05) is 6.92 Å². The number of ether oxygens (including phenoxy) is 2. The molecule has 1 aromatic rings. The van der Waals surface area contributed by atoms with Crippen molar-refractivity contribution in [1.29, 1.82) is 0 Å². The molecule has 1 aliphatic rings. The number of aryl methyl sites for hydroxylation is 1. The third-order valence-corrected chi connectivity index (χ3v) is 5.49. The van der Waals surface area contributed by atoms with Crippen molar-refractivity contribution < 1.29 is 37.8 Å². The highest BCUT2D eigenvalue weighted by molar-refractivity contribution is 8.04. The second kappa shape index (κ2) is 11.0. The van der Waals surface area contributed by atoms with Crippen LogP contribution < -0.4 is 16.5 Å². The molecule has 2 heterocycles. The van der Waals surface area contributed by atoms with Crippen LogP contribution in [0, 0.1) is 6.92 Å². The first-order valence-corrected chi connectivity index (χ1v) is 10.1. The molecule has 0 radical (unpaired) electrons. The number of nitrogens with one attached hydrogen (secondary N) is 2. The number of carbonyl (C=O) groups excluding carboxylic acids is 2. The van der Waals surface area contributed by atoms with E-state index in [-0.39, 0.29) is 25.1 Å². The predicted octanol–water partition coefficient (Wildman–Crippen LogP) is -0.376. The fourth-order valence-corrected chi connectivity index (χ4v) is 3.70. The van der Waals surface area contributed by atoms with Crippen molar-refractivity contribution in [2.24, 2.45) is 0 Å². The zero-order chi connectivity index (χ0) is 23.1. The van der Waals surface area contributed by atoms with Gasteiger partial charge in [-0.25, -0.2) is 9.59 Å². The van der Waals surface area contributed by atoms with Gasteiger partial charge in [0.1, 0.15) is 11.8 Å². The molecule has 31 heavy (non-hydrogen) atoms. The molecule has 2 amide bonds. The minimum absolute atomic E-state index is 0.145. The van der Waals surface area contributed by atoms with Gasteiger partial charge in [0.05, 0.1) is 30.0 Å². The first-order valence-electron chi connectivity index (χ1n) is 9.21. The van der Waals surface area contributed by atoms with E-state index in [1.54, 1.807) is 18.0 Å². The molecule has 1 unspecified atom stereocenters. The van der Waals surface area contributed by atoms with E-state index in [2.05, 4.69) is 10.6 Å². The summed E-state index contributed by atoms with van der Waals surface area (Å²) >= 11 is 1.25. The van der Waals surface area contributed by atoms with Crippen LogP contribution in [0.2, 0.25) is 0 Å². The minimum Gasteiger partial charge on any atom is -0.480 e. The Balaban J connectivity index is 2.05. The number of hydrogen-bond donors (Lipinski definition) is 3. The van der Waals surface area contributed by atoms with Gasteiger partial charge in [0.2, 0.25) is 5.91 Å². The zero-order valence-corrected chi connectivity index (χ0v) is 18.3. The van der Waals surface area contributed by atoms with Gasteiger partial charge in [0, 0.05) is 20.4 Å². The van der Waals surface area contributed by atoms with Crippen molar-refractivity contribution in [2.45, 2.75) is 37.8 Å². The smallest absolute Gasteiger partial charge is 0.480 e. The van der Waals surface area contributed by atoms with E-state index in [0.717, 1.165) is 0 Å². The lowest BCUT2D eigenvalue weighted by Crippen LogP contribution is -2.54. The summed E-state index contributed by atoms with van der Waals surface area (Å²) < 4.78 is 19.6. The van der Waals surface area contributed by atoms with Crippen LogP contribution in [-0.4, -0.2) is 72.7 Å². The van der Waals surface area contributed by atoms with Gasteiger partial charge in [-0.2, -0.15) is 0 Å². The molecule has 13 heteroatoms. The number of thioether (sulfide) groups is 1. The van der Waals surface area contributed by atoms with E-state index in [0.29, 0.717) is 16.4 Å². The van der Waals surface area contributed by atoms with E-state index in [9.17, 15) is 19.2 Å². The van der Waals surface area contributed by atoms with Crippen LogP contribution in [0.25, 0.3) is 0 Å². The van der Waals surface area contributed by atoms with Gasteiger partial charge in [-0.3, -0.25) is 9.59 Å². The molecule has 0 aromatic carbocycles. The summed E-state index contributed by atoms with van der Waals surface area (Å²) in [7, 11) is 2.66. The molecular weight excluding hydrogens is 434 g/mol. The third-order valence-electron chi connectivity index (χ3n) is 4.34. The molecule has 172 valence electrons. The highest BCUT2D eigenvalue weighted by Gasteiger charge is 2.31. The fourth-order valence-electron chi connectivity index (χ4n) is 2.70. The number of nitrogens with zero attached hydrogens (tertiary/aromatic N) is 1. The van der Waals surface area contributed by atoms with Gasteiger partial charge >= 0.3 is 11.8 Å². The molecule has 1 aliphatic heterocycles. The molecule has 3 atom stereocenters. The summed E-state index contributed by atoms with van der Waals surface area (Å²) in [5, 5.41) is 13.9. The topological polar surface area (TPSA) is 161 Å². The summed E-state index contributed by atoms with van der Waals surface area (Å²) in [5.41, 5.74) is 0. The molecular formula is C18H25N3O9S. The van der Waals surface area contributed by atoms with Crippen LogP contribution in [0.4, 0.5) is 0 Å². The van der Waals surface area contributed by atoms with E-state index < -0.39 is 35.7 Å². The molecule has 0 fully saturated rings. The average molecular weight is 459 g/mol. The fraction of sp³-hybridized carbons (Fsp3) is 0.556. The number of carboxylic acid groups (broad SMARTS) is 1. The van der Waals surface area contributed by atoms with Crippen LogP contribution in [0.3, 0.4) is 0 Å². The van der Waals surface area contributed by atoms with E-state index >= 15 is 0 Å². The monoisotopic (exact) mass is 459 g/mol. The minimum atomic E-state index is -1.27. The normalized spacial score (nSPS) is 17.7.